The normalized spacial score (nSPS) is 16.3. The van der Waals surface area contributed by atoms with Crippen LogP contribution in [-0.2, 0) is 20.9 Å². The molecule has 0 bridgehead atoms. The lowest BCUT2D eigenvalue weighted by Crippen LogP contribution is -2.42. The number of amides is 1. The van der Waals surface area contributed by atoms with Crippen LogP contribution in [0.5, 0.6) is 0 Å². The molecule has 3 rings (SSSR count). The molecule has 1 aromatic heterocycles. The number of hydrogen-bond acceptors (Lipinski definition) is 5. The van der Waals surface area contributed by atoms with Crippen LogP contribution >= 0.6 is 0 Å². The first-order valence-corrected chi connectivity index (χ1v) is 9.98. The molecule has 7 nitrogen and oxygen atoms in total. The standard InChI is InChI=1S/C21H27N3O4/c1-15(20(26)23-16-8-4-2-3-5-9-16)28-19(25)12-13-24-14-22-18-11-7-6-10-17(18)21(24)27/h6-7,10-11,14-16H,2-5,8-9,12-13H2,1H3,(H,23,26)/t15-/m0/s1. The lowest BCUT2D eigenvalue weighted by atomic mass is 10.1. The zero-order valence-corrected chi connectivity index (χ0v) is 16.2. The molecule has 150 valence electrons. The maximum atomic E-state index is 12.4. The Morgan fingerprint density at radius 1 is 1.21 bits per heavy atom. The monoisotopic (exact) mass is 385 g/mol. The van der Waals surface area contributed by atoms with Crippen molar-refractivity contribution in [1.82, 2.24) is 14.9 Å². The van der Waals surface area contributed by atoms with Crippen molar-refractivity contribution in [3.63, 3.8) is 0 Å². The molecular weight excluding hydrogens is 358 g/mol. The van der Waals surface area contributed by atoms with E-state index in [2.05, 4.69) is 10.3 Å². The summed E-state index contributed by atoms with van der Waals surface area (Å²) in [6, 6.07) is 7.23. The summed E-state index contributed by atoms with van der Waals surface area (Å²) >= 11 is 0. The summed E-state index contributed by atoms with van der Waals surface area (Å²) in [5.74, 6) is -0.770. The Balaban J connectivity index is 1.50. The smallest absolute Gasteiger partial charge is 0.308 e. The molecule has 2 aromatic rings. The van der Waals surface area contributed by atoms with Gasteiger partial charge in [-0.05, 0) is 31.9 Å². The first kappa shape index (κ1) is 20.0. The number of carbonyl (C=O) groups excluding carboxylic acids is 2. The molecule has 1 heterocycles. The van der Waals surface area contributed by atoms with Crippen LogP contribution in [0, 0.1) is 0 Å². The third-order valence-electron chi connectivity index (χ3n) is 5.17. The Hall–Kier alpha value is -2.70. The SMILES string of the molecule is C[C@H](OC(=O)CCn1cnc2ccccc2c1=O)C(=O)NC1CCCCCC1. The molecule has 1 saturated carbocycles. The van der Waals surface area contributed by atoms with E-state index in [1.807, 2.05) is 6.07 Å². The van der Waals surface area contributed by atoms with Crippen molar-refractivity contribution in [2.75, 3.05) is 0 Å². The minimum Gasteiger partial charge on any atom is -0.452 e. The lowest BCUT2D eigenvalue weighted by Gasteiger charge is -2.19. The van der Waals surface area contributed by atoms with Gasteiger partial charge in [-0.15, -0.1) is 0 Å². The van der Waals surface area contributed by atoms with Gasteiger partial charge in [0.15, 0.2) is 6.10 Å². The number of benzene rings is 1. The average Bonchev–Trinajstić information content (AvgIpc) is 2.96. The van der Waals surface area contributed by atoms with E-state index in [-0.39, 0.29) is 30.5 Å². The quantitative estimate of drug-likeness (QED) is 0.610. The van der Waals surface area contributed by atoms with E-state index in [4.69, 9.17) is 4.74 Å². The van der Waals surface area contributed by atoms with Crippen LogP contribution in [0.2, 0.25) is 0 Å². The van der Waals surface area contributed by atoms with Crippen LogP contribution in [0.4, 0.5) is 0 Å². The van der Waals surface area contributed by atoms with E-state index >= 15 is 0 Å². The summed E-state index contributed by atoms with van der Waals surface area (Å²) < 4.78 is 6.64. The molecule has 0 saturated heterocycles. The second-order valence-electron chi connectivity index (χ2n) is 7.34. The van der Waals surface area contributed by atoms with Crippen LogP contribution < -0.4 is 10.9 Å². The van der Waals surface area contributed by atoms with Gasteiger partial charge >= 0.3 is 5.97 Å². The Morgan fingerprint density at radius 3 is 2.68 bits per heavy atom. The van der Waals surface area contributed by atoms with Gasteiger partial charge in [-0.1, -0.05) is 37.8 Å². The van der Waals surface area contributed by atoms with Crippen molar-refractivity contribution in [1.29, 1.82) is 0 Å². The van der Waals surface area contributed by atoms with E-state index in [9.17, 15) is 14.4 Å². The number of rotatable bonds is 6. The number of aromatic nitrogens is 2. The highest BCUT2D eigenvalue weighted by molar-refractivity contribution is 5.83. The van der Waals surface area contributed by atoms with E-state index in [0.717, 1.165) is 25.7 Å². The van der Waals surface area contributed by atoms with Gasteiger partial charge in [0, 0.05) is 12.6 Å². The maximum absolute atomic E-state index is 12.4. The number of ether oxygens (including phenoxy) is 1. The van der Waals surface area contributed by atoms with Crippen molar-refractivity contribution in [2.24, 2.45) is 0 Å². The van der Waals surface area contributed by atoms with Gasteiger partial charge in [0.05, 0.1) is 23.7 Å². The van der Waals surface area contributed by atoms with Crippen LogP contribution in [0.3, 0.4) is 0 Å². The maximum Gasteiger partial charge on any atom is 0.308 e. The van der Waals surface area contributed by atoms with Gasteiger partial charge in [0.25, 0.3) is 11.5 Å². The fourth-order valence-corrected chi connectivity index (χ4v) is 3.53. The van der Waals surface area contributed by atoms with Crippen molar-refractivity contribution in [2.45, 2.75) is 70.6 Å². The fourth-order valence-electron chi connectivity index (χ4n) is 3.53. The predicted molar refractivity (Wildman–Crippen MR) is 106 cm³/mol. The van der Waals surface area contributed by atoms with Gasteiger partial charge in [-0.2, -0.15) is 0 Å². The van der Waals surface area contributed by atoms with Crippen LogP contribution in [-0.4, -0.2) is 33.6 Å². The summed E-state index contributed by atoms with van der Waals surface area (Å²) in [7, 11) is 0. The summed E-state index contributed by atoms with van der Waals surface area (Å²) in [4.78, 5) is 41.1. The third-order valence-corrected chi connectivity index (χ3v) is 5.17. The van der Waals surface area contributed by atoms with Gasteiger partial charge in [0.2, 0.25) is 0 Å². The molecule has 28 heavy (non-hydrogen) atoms. The van der Waals surface area contributed by atoms with Gasteiger partial charge in [-0.25, -0.2) is 4.98 Å². The minimum atomic E-state index is -0.845. The first-order valence-electron chi connectivity index (χ1n) is 9.98. The summed E-state index contributed by atoms with van der Waals surface area (Å²) in [5, 5.41) is 3.49. The Morgan fingerprint density at radius 2 is 1.93 bits per heavy atom. The van der Waals surface area contributed by atoms with Gasteiger partial charge < -0.3 is 10.1 Å². The predicted octanol–water partition coefficient (Wildman–Crippen LogP) is 2.56. The molecule has 0 spiro atoms. The minimum absolute atomic E-state index is 0.000968. The summed E-state index contributed by atoms with van der Waals surface area (Å²) in [6.45, 7) is 1.74. The number of hydrogen-bond donors (Lipinski definition) is 1. The molecule has 7 heteroatoms. The number of fused-ring (bicyclic) bond motifs is 1. The van der Waals surface area contributed by atoms with Crippen molar-refractivity contribution in [3.05, 3.63) is 40.9 Å². The molecule has 1 amide bonds. The summed E-state index contributed by atoms with van der Waals surface area (Å²) in [6.07, 6.45) is 7.19. The van der Waals surface area contributed by atoms with Gasteiger partial charge in [-0.3, -0.25) is 19.0 Å². The number of para-hydroxylation sites is 1. The number of aryl methyl sites for hydroxylation is 1. The molecule has 1 aromatic carbocycles. The van der Waals surface area contributed by atoms with Crippen LogP contribution in [0.15, 0.2) is 35.4 Å². The van der Waals surface area contributed by atoms with E-state index in [1.165, 1.54) is 23.7 Å². The largest absolute Gasteiger partial charge is 0.452 e. The zero-order chi connectivity index (χ0) is 19.9. The highest BCUT2D eigenvalue weighted by Gasteiger charge is 2.21. The van der Waals surface area contributed by atoms with Crippen molar-refractivity contribution in [3.8, 4) is 0 Å². The molecular formula is C21H27N3O4. The van der Waals surface area contributed by atoms with E-state index < -0.39 is 12.1 Å². The molecule has 1 atom stereocenters. The number of carbonyl (C=O) groups is 2. The molecule has 1 fully saturated rings. The molecule has 0 unspecified atom stereocenters. The molecule has 0 radical (unpaired) electrons. The first-order chi connectivity index (χ1) is 13.5. The highest BCUT2D eigenvalue weighted by Crippen LogP contribution is 2.17. The topological polar surface area (TPSA) is 90.3 Å². The van der Waals surface area contributed by atoms with Gasteiger partial charge in [0.1, 0.15) is 0 Å². The molecule has 0 aliphatic heterocycles. The van der Waals surface area contributed by atoms with E-state index in [1.54, 1.807) is 25.1 Å². The highest BCUT2D eigenvalue weighted by atomic mass is 16.5. The molecule has 1 aliphatic rings. The average molecular weight is 385 g/mol. The number of esters is 1. The second kappa shape index (κ2) is 9.48. The number of nitrogens with zero attached hydrogens (tertiary/aromatic N) is 2. The van der Waals surface area contributed by atoms with E-state index in [0.29, 0.717) is 10.9 Å². The Labute approximate surface area is 164 Å². The Kier molecular flexibility index (Phi) is 6.79. The lowest BCUT2D eigenvalue weighted by molar-refractivity contribution is -0.155. The third kappa shape index (κ3) is 5.18. The van der Waals surface area contributed by atoms with Crippen LogP contribution in [0.1, 0.15) is 51.9 Å². The molecule has 1 N–H and O–H groups in total. The second-order valence-corrected chi connectivity index (χ2v) is 7.34. The zero-order valence-electron chi connectivity index (χ0n) is 16.2. The Bertz CT molecular complexity index is 885. The fraction of sp³-hybridized carbons (Fsp3) is 0.524. The molecule has 1 aliphatic carbocycles. The van der Waals surface area contributed by atoms with Crippen molar-refractivity contribution < 1.29 is 14.3 Å². The summed E-state index contributed by atoms with van der Waals surface area (Å²) in [5.41, 5.74) is 0.424. The number of nitrogens with one attached hydrogen (secondary N) is 1. The van der Waals surface area contributed by atoms with Crippen molar-refractivity contribution >= 4 is 22.8 Å². The van der Waals surface area contributed by atoms with Crippen LogP contribution in [0.25, 0.3) is 10.9 Å².